The van der Waals surface area contributed by atoms with Gasteiger partial charge in [0, 0.05) is 5.92 Å². The van der Waals surface area contributed by atoms with Crippen LogP contribution in [0.5, 0.6) is 0 Å². The van der Waals surface area contributed by atoms with Gasteiger partial charge in [-0.3, -0.25) is 0 Å². The summed E-state index contributed by atoms with van der Waals surface area (Å²) < 4.78 is 0. The van der Waals surface area contributed by atoms with Crippen LogP contribution in [0.2, 0.25) is 0 Å². The fourth-order valence-electron chi connectivity index (χ4n) is 2.68. The highest BCUT2D eigenvalue weighted by molar-refractivity contribution is 5.68. The van der Waals surface area contributed by atoms with Gasteiger partial charge in [0.25, 0.3) is 0 Å². The zero-order valence-electron chi connectivity index (χ0n) is 11.7. The Morgan fingerprint density at radius 1 is 0.600 bits per heavy atom. The molecule has 0 aliphatic carbocycles. The van der Waals surface area contributed by atoms with E-state index in [-0.39, 0.29) is 0 Å². The van der Waals surface area contributed by atoms with Gasteiger partial charge in [-0.15, -0.1) is 0 Å². The summed E-state index contributed by atoms with van der Waals surface area (Å²) in [5, 5.41) is 0. The molecule has 98 valence electrons. The zero-order chi connectivity index (χ0) is 13.8. The zero-order valence-corrected chi connectivity index (χ0v) is 11.7. The van der Waals surface area contributed by atoms with Gasteiger partial charge < -0.3 is 0 Å². The number of hydrogen-bond acceptors (Lipinski definition) is 0. The Labute approximate surface area is 120 Å². The van der Waals surface area contributed by atoms with E-state index in [0.29, 0.717) is 5.92 Å². The number of benzene rings is 3. The molecule has 0 aromatic heterocycles. The lowest BCUT2D eigenvalue weighted by molar-refractivity contribution is 0.925. The normalized spacial score (nSPS) is 12.1. The number of rotatable bonds is 3. The third-order valence-electron chi connectivity index (χ3n) is 3.81. The maximum absolute atomic E-state index is 2.27. The van der Waals surface area contributed by atoms with Gasteiger partial charge in [-0.05, 0) is 22.3 Å². The van der Waals surface area contributed by atoms with Crippen molar-refractivity contribution in [3.63, 3.8) is 0 Å². The highest BCUT2D eigenvalue weighted by Gasteiger charge is 2.12. The van der Waals surface area contributed by atoms with Gasteiger partial charge in [-0.2, -0.15) is 0 Å². The maximum Gasteiger partial charge on any atom is 0.00671 e. The molecule has 20 heavy (non-hydrogen) atoms. The van der Waals surface area contributed by atoms with Crippen LogP contribution in [0.4, 0.5) is 0 Å². The average Bonchev–Trinajstić information content (AvgIpc) is 2.56. The summed E-state index contributed by atoms with van der Waals surface area (Å²) in [7, 11) is 0. The van der Waals surface area contributed by atoms with Crippen LogP contribution >= 0.6 is 0 Å². The Morgan fingerprint density at radius 3 is 1.85 bits per heavy atom. The quantitative estimate of drug-likeness (QED) is 0.581. The van der Waals surface area contributed by atoms with Crippen molar-refractivity contribution in [3.05, 3.63) is 96.1 Å². The Bertz CT molecular complexity index is 669. The standard InChI is InChI=1S/C20H18/c1-16(17-10-4-2-5-11-17)19-14-8-9-15-20(19)18-12-6-3-7-13-18/h2-16H,1H3. The van der Waals surface area contributed by atoms with E-state index in [1.54, 1.807) is 0 Å². The van der Waals surface area contributed by atoms with Crippen LogP contribution in [0.3, 0.4) is 0 Å². The first-order valence-corrected chi connectivity index (χ1v) is 7.05. The second-order valence-corrected chi connectivity index (χ2v) is 5.09. The van der Waals surface area contributed by atoms with Gasteiger partial charge in [0.05, 0.1) is 0 Å². The molecule has 0 aliphatic heterocycles. The van der Waals surface area contributed by atoms with Crippen LogP contribution in [-0.2, 0) is 0 Å². The van der Waals surface area contributed by atoms with Crippen LogP contribution in [0.1, 0.15) is 24.0 Å². The highest BCUT2D eigenvalue weighted by atomic mass is 14.2. The lowest BCUT2D eigenvalue weighted by Crippen LogP contribution is -1.98. The molecule has 0 radical (unpaired) electrons. The summed E-state index contributed by atoms with van der Waals surface area (Å²) in [5.41, 5.74) is 5.34. The molecular formula is C20H18. The molecule has 0 saturated carbocycles. The fraction of sp³-hybridized carbons (Fsp3) is 0.100. The van der Waals surface area contributed by atoms with Crippen molar-refractivity contribution in [2.45, 2.75) is 12.8 Å². The molecule has 0 amide bonds. The molecule has 1 unspecified atom stereocenters. The number of hydrogen-bond donors (Lipinski definition) is 0. The van der Waals surface area contributed by atoms with Gasteiger partial charge in [0.15, 0.2) is 0 Å². The van der Waals surface area contributed by atoms with Crippen LogP contribution in [0.25, 0.3) is 11.1 Å². The van der Waals surface area contributed by atoms with E-state index < -0.39 is 0 Å². The molecule has 3 rings (SSSR count). The van der Waals surface area contributed by atoms with Gasteiger partial charge in [0.1, 0.15) is 0 Å². The smallest absolute Gasteiger partial charge is 0.00671 e. The van der Waals surface area contributed by atoms with Crippen molar-refractivity contribution >= 4 is 0 Å². The molecule has 3 aromatic rings. The molecule has 0 nitrogen and oxygen atoms in total. The van der Waals surface area contributed by atoms with Crippen LogP contribution in [-0.4, -0.2) is 0 Å². The Hall–Kier alpha value is -2.34. The van der Waals surface area contributed by atoms with Crippen LogP contribution in [0, 0.1) is 0 Å². The van der Waals surface area contributed by atoms with Crippen molar-refractivity contribution in [1.29, 1.82) is 0 Å². The molecule has 0 fully saturated rings. The fourth-order valence-corrected chi connectivity index (χ4v) is 2.68. The first-order chi connectivity index (χ1) is 9.86. The molecule has 1 atom stereocenters. The molecule has 0 N–H and O–H groups in total. The van der Waals surface area contributed by atoms with E-state index in [1.165, 1.54) is 22.3 Å². The van der Waals surface area contributed by atoms with Crippen molar-refractivity contribution in [3.8, 4) is 11.1 Å². The van der Waals surface area contributed by atoms with E-state index in [1.807, 2.05) is 0 Å². The maximum atomic E-state index is 2.27. The molecule has 0 bridgehead atoms. The molecule has 0 heteroatoms. The third kappa shape index (κ3) is 2.50. The van der Waals surface area contributed by atoms with Crippen LogP contribution in [0.15, 0.2) is 84.9 Å². The topological polar surface area (TPSA) is 0 Å². The third-order valence-corrected chi connectivity index (χ3v) is 3.81. The van der Waals surface area contributed by atoms with Gasteiger partial charge in [-0.25, -0.2) is 0 Å². The summed E-state index contributed by atoms with van der Waals surface area (Å²) in [6.07, 6.45) is 0. The predicted octanol–water partition coefficient (Wildman–Crippen LogP) is 5.51. The summed E-state index contributed by atoms with van der Waals surface area (Å²) in [6, 6.07) is 30.0. The van der Waals surface area contributed by atoms with Crippen molar-refractivity contribution in [2.24, 2.45) is 0 Å². The largest absolute Gasteiger partial charge is 0.0622 e. The Morgan fingerprint density at radius 2 is 1.15 bits per heavy atom. The highest BCUT2D eigenvalue weighted by Crippen LogP contribution is 2.32. The summed E-state index contributed by atoms with van der Waals surface area (Å²) in [5.74, 6) is 0.396. The van der Waals surface area contributed by atoms with Crippen molar-refractivity contribution in [1.82, 2.24) is 0 Å². The molecular weight excluding hydrogens is 240 g/mol. The van der Waals surface area contributed by atoms with E-state index in [2.05, 4.69) is 91.9 Å². The predicted molar refractivity (Wildman–Crippen MR) is 85.8 cm³/mol. The lowest BCUT2D eigenvalue weighted by atomic mass is 9.87. The summed E-state index contributed by atoms with van der Waals surface area (Å²) >= 11 is 0. The summed E-state index contributed by atoms with van der Waals surface area (Å²) in [4.78, 5) is 0. The monoisotopic (exact) mass is 258 g/mol. The summed E-state index contributed by atoms with van der Waals surface area (Å²) in [6.45, 7) is 2.27. The van der Waals surface area contributed by atoms with Gasteiger partial charge >= 0.3 is 0 Å². The minimum Gasteiger partial charge on any atom is -0.0622 e. The van der Waals surface area contributed by atoms with Gasteiger partial charge in [0.2, 0.25) is 0 Å². The van der Waals surface area contributed by atoms with E-state index >= 15 is 0 Å². The Balaban J connectivity index is 2.07. The van der Waals surface area contributed by atoms with Crippen LogP contribution < -0.4 is 0 Å². The van der Waals surface area contributed by atoms with Crippen molar-refractivity contribution < 1.29 is 0 Å². The Kier molecular flexibility index (Phi) is 3.64. The SMILES string of the molecule is CC(c1ccccc1)c1ccccc1-c1ccccc1. The molecule has 0 spiro atoms. The second kappa shape index (κ2) is 5.75. The van der Waals surface area contributed by atoms with E-state index in [9.17, 15) is 0 Å². The molecule has 3 aromatic carbocycles. The second-order valence-electron chi connectivity index (χ2n) is 5.09. The first-order valence-electron chi connectivity index (χ1n) is 7.05. The van der Waals surface area contributed by atoms with E-state index in [4.69, 9.17) is 0 Å². The average molecular weight is 258 g/mol. The van der Waals surface area contributed by atoms with Gasteiger partial charge in [-0.1, -0.05) is 91.9 Å². The minimum atomic E-state index is 0.396. The van der Waals surface area contributed by atoms with Crippen molar-refractivity contribution in [2.75, 3.05) is 0 Å². The minimum absolute atomic E-state index is 0.396. The molecule has 0 heterocycles. The lowest BCUT2D eigenvalue weighted by Gasteiger charge is -2.17. The molecule has 0 aliphatic rings. The molecule has 0 saturated heterocycles. The first kappa shape index (κ1) is 12.7. The van der Waals surface area contributed by atoms with E-state index in [0.717, 1.165) is 0 Å².